The molecule has 2 aromatic rings. The molecule has 6 nitrogen and oxygen atoms in total. The first kappa shape index (κ1) is 14.4. The van der Waals surface area contributed by atoms with E-state index in [0.717, 1.165) is 10.8 Å². The molecule has 8 heteroatoms. The number of carbonyl (C=O) groups excluding carboxylic acids is 1. The number of amides is 1. The molecule has 1 amide bonds. The van der Waals surface area contributed by atoms with Gasteiger partial charge < -0.3 is 10.3 Å². The van der Waals surface area contributed by atoms with Gasteiger partial charge in [-0.2, -0.15) is 0 Å². The third kappa shape index (κ3) is 2.76. The van der Waals surface area contributed by atoms with Gasteiger partial charge in [-0.1, -0.05) is 23.2 Å². The number of hydrogen-bond acceptors (Lipinski definition) is 3. The summed E-state index contributed by atoms with van der Waals surface area (Å²) in [5, 5.41) is 3.12. The summed E-state index contributed by atoms with van der Waals surface area (Å²) in [6, 6.07) is 4.52. The van der Waals surface area contributed by atoms with Crippen LogP contribution in [0.2, 0.25) is 10.0 Å². The fraction of sp³-hybridized carbons (Fsp3) is 0.0833. The maximum atomic E-state index is 12.0. The van der Waals surface area contributed by atoms with Crippen LogP contribution in [0.25, 0.3) is 0 Å². The Bertz CT molecular complexity index is 795. The van der Waals surface area contributed by atoms with Crippen LogP contribution < -0.4 is 16.6 Å². The van der Waals surface area contributed by atoms with Gasteiger partial charge in [0.25, 0.3) is 11.5 Å². The summed E-state index contributed by atoms with van der Waals surface area (Å²) >= 11 is 11.6. The normalized spacial score (nSPS) is 10.3. The number of rotatable bonds is 2. The number of H-pyrrole nitrogens is 1. The number of aromatic nitrogens is 2. The van der Waals surface area contributed by atoms with Crippen molar-refractivity contribution in [3.8, 4) is 0 Å². The zero-order valence-corrected chi connectivity index (χ0v) is 11.7. The first-order chi connectivity index (χ1) is 9.40. The number of hydrogen-bond donors (Lipinski definition) is 2. The van der Waals surface area contributed by atoms with Gasteiger partial charge in [-0.05, 0) is 18.2 Å². The second-order valence-corrected chi connectivity index (χ2v) is 4.77. The monoisotopic (exact) mass is 313 g/mol. The number of nitrogens with one attached hydrogen (secondary N) is 2. The first-order valence-corrected chi connectivity index (χ1v) is 6.21. The molecule has 1 heterocycles. The Kier molecular flexibility index (Phi) is 3.96. The van der Waals surface area contributed by atoms with Crippen molar-refractivity contribution in [3.63, 3.8) is 0 Å². The topological polar surface area (TPSA) is 84.0 Å². The van der Waals surface area contributed by atoms with E-state index in [1.807, 2.05) is 0 Å². The number of carbonyl (C=O) groups is 1. The van der Waals surface area contributed by atoms with Crippen LogP contribution in [0.3, 0.4) is 0 Å². The largest absolute Gasteiger partial charge is 0.328 e. The molecule has 2 rings (SSSR count). The Balaban J connectivity index is 2.33. The van der Waals surface area contributed by atoms with Crippen LogP contribution in [0.15, 0.2) is 34.0 Å². The second-order valence-electron chi connectivity index (χ2n) is 3.95. The van der Waals surface area contributed by atoms with Crippen molar-refractivity contribution in [2.24, 2.45) is 7.05 Å². The van der Waals surface area contributed by atoms with Crippen molar-refractivity contribution in [1.82, 2.24) is 9.55 Å². The number of aromatic amines is 1. The summed E-state index contributed by atoms with van der Waals surface area (Å²) in [5.41, 5.74) is -1.08. The minimum atomic E-state index is -0.689. The van der Waals surface area contributed by atoms with Crippen molar-refractivity contribution >= 4 is 34.8 Å². The van der Waals surface area contributed by atoms with E-state index in [1.165, 1.54) is 19.2 Å². The molecule has 20 heavy (non-hydrogen) atoms. The van der Waals surface area contributed by atoms with Crippen molar-refractivity contribution in [2.45, 2.75) is 0 Å². The average molecular weight is 314 g/mol. The third-order valence-electron chi connectivity index (χ3n) is 2.60. The van der Waals surface area contributed by atoms with Crippen LogP contribution in [-0.2, 0) is 7.05 Å². The molecule has 0 aliphatic heterocycles. The van der Waals surface area contributed by atoms with Crippen molar-refractivity contribution in [2.75, 3.05) is 5.32 Å². The highest BCUT2D eigenvalue weighted by Gasteiger charge is 2.13. The van der Waals surface area contributed by atoms with E-state index < -0.39 is 17.2 Å². The van der Waals surface area contributed by atoms with Gasteiger partial charge in [-0.3, -0.25) is 14.2 Å². The van der Waals surface area contributed by atoms with Crippen LogP contribution in [-0.4, -0.2) is 15.5 Å². The van der Waals surface area contributed by atoms with Gasteiger partial charge in [0.2, 0.25) is 0 Å². The Morgan fingerprint density at radius 3 is 2.60 bits per heavy atom. The molecule has 1 aromatic heterocycles. The molecule has 0 radical (unpaired) electrons. The lowest BCUT2D eigenvalue weighted by molar-refractivity contribution is 0.102. The van der Waals surface area contributed by atoms with Gasteiger partial charge in [-0.15, -0.1) is 0 Å². The molecule has 0 atom stereocenters. The van der Waals surface area contributed by atoms with E-state index in [0.29, 0.717) is 10.7 Å². The van der Waals surface area contributed by atoms with Crippen LogP contribution in [0.5, 0.6) is 0 Å². The summed E-state index contributed by atoms with van der Waals surface area (Å²) in [6.45, 7) is 0. The first-order valence-electron chi connectivity index (χ1n) is 5.45. The lowest BCUT2D eigenvalue weighted by Crippen LogP contribution is -2.37. The van der Waals surface area contributed by atoms with E-state index in [9.17, 15) is 14.4 Å². The fourth-order valence-electron chi connectivity index (χ4n) is 1.50. The van der Waals surface area contributed by atoms with E-state index in [2.05, 4.69) is 10.3 Å². The molecule has 104 valence electrons. The quantitative estimate of drug-likeness (QED) is 0.884. The molecular formula is C12H9Cl2N3O3. The van der Waals surface area contributed by atoms with Crippen LogP contribution in [0.4, 0.5) is 5.69 Å². The molecule has 0 saturated carbocycles. The molecule has 2 N–H and O–H groups in total. The molecule has 0 aliphatic rings. The Morgan fingerprint density at radius 1 is 1.25 bits per heavy atom. The van der Waals surface area contributed by atoms with Crippen molar-refractivity contribution in [3.05, 3.63) is 60.8 Å². The van der Waals surface area contributed by atoms with E-state index in [1.54, 1.807) is 6.07 Å². The van der Waals surface area contributed by atoms with Gasteiger partial charge >= 0.3 is 5.69 Å². The van der Waals surface area contributed by atoms with Crippen LogP contribution >= 0.6 is 23.2 Å². The Morgan fingerprint density at radius 2 is 1.95 bits per heavy atom. The minimum Gasteiger partial charge on any atom is -0.322 e. The smallest absolute Gasteiger partial charge is 0.322 e. The van der Waals surface area contributed by atoms with Crippen molar-refractivity contribution in [1.29, 1.82) is 0 Å². The molecule has 0 bridgehead atoms. The average Bonchev–Trinajstić information content (AvgIpc) is 2.40. The number of benzene rings is 1. The fourth-order valence-corrected chi connectivity index (χ4v) is 1.80. The summed E-state index contributed by atoms with van der Waals surface area (Å²) in [7, 11) is 1.27. The predicted octanol–water partition coefficient (Wildman–Crippen LogP) is 1.63. The van der Waals surface area contributed by atoms with Crippen LogP contribution in [0.1, 0.15) is 10.4 Å². The van der Waals surface area contributed by atoms with Gasteiger partial charge in [0.1, 0.15) is 5.56 Å². The molecule has 1 aromatic carbocycles. The standard InChI is InChI=1S/C12H9Cl2N3O3/c1-17-11(19)7(5-15-12(17)20)10(18)16-6-2-3-8(13)9(14)4-6/h2-5H,1H3,(H,15,20)(H,16,18). The van der Waals surface area contributed by atoms with Gasteiger partial charge in [0.05, 0.1) is 10.0 Å². The SMILES string of the molecule is Cn1c(=O)[nH]cc(C(=O)Nc2ccc(Cl)c(Cl)c2)c1=O. The second kappa shape index (κ2) is 5.52. The van der Waals surface area contributed by atoms with Gasteiger partial charge in [0, 0.05) is 18.9 Å². The molecule has 0 unspecified atom stereocenters. The van der Waals surface area contributed by atoms with E-state index in [4.69, 9.17) is 23.2 Å². The maximum Gasteiger partial charge on any atom is 0.328 e. The molecule has 0 fully saturated rings. The van der Waals surface area contributed by atoms with Crippen molar-refractivity contribution < 1.29 is 4.79 Å². The highest BCUT2D eigenvalue weighted by atomic mass is 35.5. The molecule has 0 aliphatic carbocycles. The van der Waals surface area contributed by atoms with Gasteiger partial charge in [0.15, 0.2) is 0 Å². The highest BCUT2D eigenvalue weighted by molar-refractivity contribution is 6.42. The summed E-state index contributed by atoms with van der Waals surface area (Å²) in [5.74, 6) is -0.653. The lowest BCUT2D eigenvalue weighted by atomic mass is 10.2. The van der Waals surface area contributed by atoms with E-state index >= 15 is 0 Å². The predicted molar refractivity (Wildman–Crippen MR) is 76.7 cm³/mol. The Hall–Kier alpha value is -2.05. The molecule has 0 saturated heterocycles. The summed E-state index contributed by atoms with van der Waals surface area (Å²) in [6.07, 6.45) is 1.07. The van der Waals surface area contributed by atoms with E-state index in [-0.39, 0.29) is 10.6 Å². The van der Waals surface area contributed by atoms with Crippen LogP contribution in [0, 0.1) is 0 Å². The van der Waals surface area contributed by atoms with Gasteiger partial charge in [-0.25, -0.2) is 4.79 Å². The summed E-state index contributed by atoms with van der Waals surface area (Å²) < 4.78 is 0.809. The third-order valence-corrected chi connectivity index (χ3v) is 3.34. The zero-order valence-electron chi connectivity index (χ0n) is 10.2. The maximum absolute atomic E-state index is 12.0. The number of nitrogens with zero attached hydrogens (tertiary/aromatic N) is 1. The Labute approximate surface area is 123 Å². The zero-order chi connectivity index (χ0) is 14.9. The molecular weight excluding hydrogens is 305 g/mol. The number of halogens is 2. The molecule has 0 spiro atoms. The summed E-state index contributed by atoms with van der Waals surface area (Å²) in [4.78, 5) is 37.2. The number of anilines is 1. The highest BCUT2D eigenvalue weighted by Crippen LogP contribution is 2.25. The minimum absolute atomic E-state index is 0.182. The lowest BCUT2D eigenvalue weighted by Gasteiger charge is -2.06.